The average molecular weight is 316 g/mol. The highest BCUT2D eigenvalue weighted by Gasteiger charge is 2.30. The second-order valence-electron chi connectivity index (χ2n) is 5.58. The topological polar surface area (TPSA) is 78.2 Å². The lowest BCUT2D eigenvalue weighted by Crippen LogP contribution is -2.33. The maximum absolute atomic E-state index is 12.6. The second-order valence-corrected chi connectivity index (χ2v) is 5.58. The predicted molar refractivity (Wildman–Crippen MR) is 85.1 cm³/mol. The molecular weight excluding hydrogens is 296 g/mol. The van der Waals surface area contributed by atoms with Gasteiger partial charge < -0.3 is 10.1 Å². The first kappa shape index (κ1) is 15.5. The van der Waals surface area contributed by atoms with Crippen molar-refractivity contribution in [3.05, 3.63) is 40.8 Å². The van der Waals surface area contributed by atoms with Gasteiger partial charge in [0.2, 0.25) is 5.91 Å². The highest BCUT2D eigenvalue weighted by molar-refractivity contribution is 5.77. The molecule has 1 heterocycles. The van der Waals surface area contributed by atoms with Gasteiger partial charge in [0.05, 0.1) is 6.54 Å². The summed E-state index contributed by atoms with van der Waals surface area (Å²) in [5.41, 5.74) is 0.811. The summed E-state index contributed by atoms with van der Waals surface area (Å²) in [6.45, 7) is 0.701. The Morgan fingerprint density at radius 3 is 2.74 bits per heavy atom. The van der Waals surface area contributed by atoms with Crippen molar-refractivity contribution in [3.8, 4) is 11.4 Å². The van der Waals surface area contributed by atoms with E-state index in [4.69, 9.17) is 4.74 Å². The van der Waals surface area contributed by atoms with E-state index in [1.807, 2.05) is 30.3 Å². The van der Waals surface area contributed by atoms with Crippen molar-refractivity contribution in [1.29, 1.82) is 0 Å². The Morgan fingerprint density at radius 2 is 2.09 bits per heavy atom. The van der Waals surface area contributed by atoms with Crippen LogP contribution in [-0.4, -0.2) is 40.5 Å². The minimum atomic E-state index is -0.203. The van der Waals surface area contributed by atoms with Gasteiger partial charge in [-0.3, -0.25) is 9.36 Å². The third-order valence-corrected chi connectivity index (χ3v) is 3.74. The van der Waals surface area contributed by atoms with Crippen LogP contribution in [0.5, 0.6) is 0 Å². The maximum atomic E-state index is 12.6. The quantitative estimate of drug-likeness (QED) is 0.820. The van der Waals surface area contributed by atoms with Crippen molar-refractivity contribution < 1.29 is 9.53 Å². The number of hydrogen-bond acceptors (Lipinski definition) is 4. The lowest BCUT2D eigenvalue weighted by Gasteiger charge is -2.03. The summed E-state index contributed by atoms with van der Waals surface area (Å²) in [5, 5.41) is 7.17. The van der Waals surface area contributed by atoms with Crippen LogP contribution < -0.4 is 11.0 Å². The highest BCUT2D eigenvalue weighted by Crippen LogP contribution is 2.36. The first-order valence-corrected chi connectivity index (χ1v) is 7.71. The summed E-state index contributed by atoms with van der Waals surface area (Å²) >= 11 is 0. The van der Waals surface area contributed by atoms with Gasteiger partial charge in [-0.1, -0.05) is 30.3 Å². The lowest BCUT2D eigenvalue weighted by molar-refractivity contribution is -0.124. The van der Waals surface area contributed by atoms with Gasteiger partial charge in [0.25, 0.3) is 0 Å². The van der Waals surface area contributed by atoms with E-state index in [1.54, 1.807) is 4.57 Å². The Morgan fingerprint density at radius 1 is 1.35 bits per heavy atom. The molecule has 1 N–H and O–H groups in total. The second kappa shape index (κ2) is 6.78. The van der Waals surface area contributed by atoms with Crippen LogP contribution in [0.3, 0.4) is 0 Å². The summed E-state index contributed by atoms with van der Waals surface area (Å²) in [6, 6.07) is 9.94. The summed E-state index contributed by atoms with van der Waals surface area (Å²) in [6.07, 6.45) is 2.02. The molecule has 0 aliphatic heterocycles. The molecule has 1 aliphatic rings. The zero-order valence-corrected chi connectivity index (χ0v) is 13.1. The number of methoxy groups -OCH3 is 1. The monoisotopic (exact) mass is 316 g/mol. The molecule has 0 saturated heterocycles. The van der Waals surface area contributed by atoms with Gasteiger partial charge in [-0.2, -0.15) is 0 Å². The van der Waals surface area contributed by atoms with Crippen molar-refractivity contribution in [2.45, 2.75) is 25.4 Å². The van der Waals surface area contributed by atoms with Gasteiger partial charge in [-0.25, -0.2) is 9.48 Å². The van der Waals surface area contributed by atoms with Crippen LogP contribution >= 0.6 is 0 Å². The predicted octanol–water partition coefficient (Wildman–Crippen LogP) is 0.809. The van der Waals surface area contributed by atoms with E-state index in [9.17, 15) is 9.59 Å². The molecule has 1 saturated carbocycles. The van der Waals surface area contributed by atoms with E-state index >= 15 is 0 Å². The Hall–Kier alpha value is -2.41. The smallest absolute Gasteiger partial charge is 0.346 e. The Balaban J connectivity index is 1.79. The van der Waals surface area contributed by atoms with E-state index in [1.165, 1.54) is 11.8 Å². The van der Waals surface area contributed by atoms with Gasteiger partial charge in [0.1, 0.15) is 6.61 Å². The molecule has 1 amide bonds. The third kappa shape index (κ3) is 3.50. The fourth-order valence-corrected chi connectivity index (χ4v) is 2.50. The Bertz CT molecular complexity index is 732. The highest BCUT2D eigenvalue weighted by atomic mass is 16.5. The summed E-state index contributed by atoms with van der Waals surface area (Å²) < 4.78 is 7.95. The number of aromatic nitrogens is 3. The molecule has 7 nitrogen and oxygen atoms in total. The van der Waals surface area contributed by atoms with Crippen LogP contribution in [0, 0.1) is 0 Å². The van der Waals surface area contributed by atoms with Crippen LogP contribution in [0.2, 0.25) is 0 Å². The Kier molecular flexibility index (Phi) is 4.57. The molecule has 1 fully saturated rings. The SMILES string of the molecule is COCC(=O)NCCn1nc(-c2ccccc2)n(C2CC2)c1=O. The zero-order valence-electron chi connectivity index (χ0n) is 13.1. The van der Waals surface area contributed by atoms with Gasteiger partial charge in [0.15, 0.2) is 5.82 Å². The summed E-state index contributed by atoms with van der Waals surface area (Å²) in [7, 11) is 1.47. The molecule has 1 aliphatic carbocycles. The van der Waals surface area contributed by atoms with Gasteiger partial charge in [-0.15, -0.1) is 5.10 Å². The molecule has 1 aromatic heterocycles. The van der Waals surface area contributed by atoms with Crippen LogP contribution in [0.15, 0.2) is 35.1 Å². The third-order valence-electron chi connectivity index (χ3n) is 3.74. The molecule has 2 aromatic rings. The van der Waals surface area contributed by atoms with E-state index in [0.717, 1.165) is 18.4 Å². The summed E-state index contributed by atoms with van der Waals surface area (Å²) in [4.78, 5) is 24.0. The fourth-order valence-electron chi connectivity index (χ4n) is 2.50. The largest absolute Gasteiger partial charge is 0.375 e. The molecule has 0 bridgehead atoms. The van der Waals surface area contributed by atoms with Crippen molar-refractivity contribution in [2.24, 2.45) is 0 Å². The number of rotatable bonds is 7. The minimum Gasteiger partial charge on any atom is -0.375 e. The number of hydrogen-bond donors (Lipinski definition) is 1. The fraction of sp³-hybridized carbons (Fsp3) is 0.438. The van der Waals surface area contributed by atoms with Gasteiger partial charge >= 0.3 is 5.69 Å². The Labute approximate surface area is 133 Å². The number of nitrogens with one attached hydrogen (secondary N) is 1. The van der Waals surface area contributed by atoms with E-state index in [-0.39, 0.29) is 24.2 Å². The van der Waals surface area contributed by atoms with E-state index < -0.39 is 0 Å². The standard InChI is InChI=1S/C16H20N4O3/c1-23-11-14(21)17-9-10-19-16(22)20(13-7-8-13)15(18-19)12-5-3-2-4-6-12/h2-6,13H,7-11H2,1H3,(H,17,21). The normalized spacial score (nSPS) is 14.0. The number of nitrogens with zero attached hydrogens (tertiary/aromatic N) is 3. The lowest BCUT2D eigenvalue weighted by atomic mass is 10.2. The van der Waals surface area contributed by atoms with Crippen molar-refractivity contribution in [3.63, 3.8) is 0 Å². The van der Waals surface area contributed by atoms with Crippen molar-refractivity contribution in [1.82, 2.24) is 19.7 Å². The van der Waals surface area contributed by atoms with Crippen molar-refractivity contribution in [2.75, 3.05) is 20.3 Å². The van der Waals surface area contributed by atoms with Gasteiger partial charge in [0, 0.05) is 25.3 Å². The first-order chi connectivity index (χ1) is 11.2. The number of carbonyl (C=O) groups is 1. The number of carbonyl (C=O) groups excluding carboxylic acids is 1. The molecule has 0 radical (unpaired) electrons. The molecule has 1 aromatic carbocycles. The molecular formula is C16H20N4O3. The van der Waals surface area contributed by atoms with E-state index in [2.05, 4.69) is 10.4 Å². The molecule has 0 spiro atoms. The summed E-state index contributed by atoms with van der Waals surface area (Å²) in [5.74, 6) is 0.492. The van der Waals surface area contributed by atoms with Crippen LogP contribution in [-0.2, 0) is 16.1 Å². The maximum Gasteiger partial charge on any atom is 0.346 e. The van der Waals surface area contributed by atoms with Crippen LogP contribution in [0.4, 0.5) is 0 Å². The average Bonchev–Trinajstić information content (AvgIpc) is 3.34. The molecule has 0 atom stereocenters. The number of ether oxygens (including phenoxy) is 1. The molecule has 3 rings (SSSR count). The molecule has 0 unspecified atom stereocenters. The minimum absolute atomic E-state index is 0.0146. The molecule has 23 heavy (non-hydrogen) atoms. The first-order valence-electron chi connectivity index (χ1n) is 7.71. The zero-order chi connectivity index (χ0) is 16.2. The molecule has 7 heteroatoms. The van der Waals surface area contributed by atoms with E-state index in [0.29, 0.717) is 18.9 Å². The van der Waals surface area contributed by atoms with Crippen LogP contribution in [0.25, 0.3) is 11.4 Å². The van der Waals surface area contributed by atoms with Crippen LogP contribution in [0.1, 0.15) is 18.9 Å². The molecule has 122 valence electrons. The number of amides is 1. The van der Waals surface area contributed by atoms with Gasteiger partial charge in [-0.05, 0) is 12.8 Å². The van der Waals surface area contributed by atoms with Crippen molar-refractivity contribution >= 4 is 5.91 Å². The number of benzene rings is 1.